The average molecular weight is 213 g/mol. The molecule has 0 aromatic heterocycles. The lowest BCUT2D eigenvalue weighted by Crippen LogP contribution is -2.30. The maximum Gasteiger partial charge on any atom is 0.307 e. The molecule has 0 radical (unpaired) electrons. The van der Waals surface area contributed by atoms with Gasteiger partial charge in [-0.05, 0) is 32.6 Å². The minimum Gasteiger partial charge on any atom is -0.460 e. The topological polar surface area (TPSA) is 38.3 Å². The summed E-state index contributed by atoms with van der Waals surface area (Å²) in [6.07, 6.45) is 1.53. The molecule has 0 saturated carbocycles. The Morgan fingerprint density at radius 1 is 1.47 bits per heavy atom. The Labute approximate surface area is 92.6 Å². The molecule has 1 atom stereocenters. The van der Waals surface area contributed by atoms with E-state index in [1.165, 1.54) is 0 Å². The molecule has 1 saturated heterocycles. The second-order valence-corrected chi connectivity index (χ2v) is 6.24. The SMILES string of the molecule is CC1(C)CNC(CC(=O)OC(C)(C)C)C1. The van der Waals surface area contributed by atoms with Crippen LogP contribution in [0.1, 0.15) is 47.5 Å². The van der Waals surface area contributed by atoms with Gasteiger partial charge in [-0.1, -0.05) is 13.8 Å². The number of nitrogens with one attached hydrogen (secondary N) is 1. The number of rotatable bonds is 2. The van der Waals surface area contributed by atoms with Gasteiger partial charge in [0.25, 0.3) is 0 Å². The highest BCUT2D eigenvalue weighted by Crippen LogP contribution is 2.28. The molecule has 0 aromatic rings. The van der Waals surface area contributed by atoms with Crippen molar-refractivity contribution in [2.75, 3.05) is 6.54 Å². The van der Waals surface area contributed by atoms with E-state index < -0.39 is 0 Å². The zero-order chi connectivity index (χ0) is 11.7. The van der Waals surface area contributed by atoms with Gasteiger partial charge in [-0.25, -0.2) is 0 Å². The first kappa shape index (κ1) is 12.5. The zero-order valence-electron chi connectivity index (χ0n) is 10.5. The Balaban J connectivity index is 2.34. The smallest absolute Gasteiger partial charge is 0.307 e. The molecule has 0 spiro atoms. The van der Waals surface area contributed by atoms with Crippen molar-refractivity contribution in [3.63, 3.8) is 0 Å². The number of hydrogen-bond donors (Lipinski definition) is 1. The molecule has 1 N–H and O–H groups in total. The lowest BCUT2D eigenvalue weighted by Gasteiger charge is -2.21. The van der Waals surface area contributed by atoms with Gasteiger partial charge in [0.05, 0.1) is 6.42 Å². The van der Waals surface area contributed by atoms with Crippen LogP contribution in [0.2, 0.25) is 0 Å². The summed E-state index contributed by atoms with van der Waals surface area (Å²) in [6, 6.07) is 0.287. The van der Waals surface area contributed by atoms with Crippen molar-refractivity contribution in [3.8, 4) is 0 Å². The van der Waals surface area contributed by atoms with Crippen molar-refractivity contribution in [1.82, 2.24) is 5.32 Å². The van der Waals surface area contributed by atoms with Crippen LogP contribution < -0.4 is 5.32 Å². The molecule has 0 amide bonds. The van der Waals surface area contributed by atoms with Gasteiger partial charge in [-0.15, -0.1) is 0 Å². The number of esters is 1. The lowest BCUT2D eigenvalue weighted by atomic mass is 9.90. The molecule has 1 fully saturated rings. The van der Waals surface area contributed by atoms with E-state index >= 15 is 0 Å². The summed E-state index contributed by atoms with van der Waals surface area (Å²) in [5.74, 6) is -0.0994. The van der Waals surface area contributed by atoms with Gasteiger partial charge in [0.1, 0.15) is 5.60 Å². The molecule has 1 rings (SSSR count). The second kappa shape index (κ2) is 4.12. The highest BCUT2D eigenvalue weighted by atomic mass is 16.6. The van der Waals surface area contributed by atoms with E-state index in [4.69, 9.17) is 4.74 Å². The number of carbonyl (C=O) groups excluding carboxylic acids is 1. The fourth-order valence-electron chi connectivity index (χ4n) is 1.96. The van der Waals surface area contributed by atoms with Gasteiger partial charge >= 0.3 is 5.97 Å². The lowest BCUT2D eigenvalue weighted by molar-refractivity contribution is -0.155. The Hall–Kier alpha value is -0.570. The summed E-state index contributed by atoms with van der Waals surface area (Å²) in [4.78, 5) is 11.6. The first-order valence-corrected chi connectivity index (χ1v) is 5.63. The highest BCUT2D eigenvalue weighted by molar-refractivity contribution is 5.70. The predicted molar refractivity (Wildman–Crippen MR) is 60.7 cm³/mol. The minimum atomic E-state index is -0.370. The standard InChI is InChI=1S/C12H23NO2/c1-11(2,3)15-10(14)6-9-7-12(4,5)8-13-9/h9,13H,6-8H2,1-5H3. The summed E-state index contributed by atoms with van der Waals surface area (Å²) >= 11 is 0. The second-order valence-electron chi connectivity index (χ2n) is 6.24. The van der Waals surface area contributed by atoms with Crippen LogP contribution in [0.3, 0.4) is 0 Å². The average Bonchev–Trinajstić information content (AvgIpc) is 2.25. The van der Waals surface area contributed by atoms with Crippen LogP contribution in [0, 0.1) is 5.41 Å². The summed E-state index contributed by atoms with van der Waals surface area (Å²) in [7, 11) is 0. The van der Waals surface area contributed by atoms with Crippen LogP contribution in [-0.2, 0) is 9.53 Å². The van der Waals surface area contributed by atoms with Gasteiger partial charge in [-0.2, -0.15) is 0 Å². The van der Waals surface area contributed by atoms with Crippen LogP contribution in [0.25, 0.3) is 0 Å². The Kier molecular flexibility index (Phi) is 3.44. The largest absolute Gasteiger partial charge is 0.460 e. The molecule has 0 aromatic carbocycles. The molecule has 15 heavy (non-hydrogen) atoms. The zero-order valence-corrected chi connectivity index (χ0v) is 10.5. The molecule has 1 aliphatic heterocycles. The van der Waals surface area contributed by atoms with Gasteiger partial charge in [0.2, 0.25) is 0 Å². The number of hydrogen-bond acceptors (Lipinski definition) is 3. The molecule has 1 heterocycles. The monoisotopic (exact) mass is 213 g/mol. The first-order valence-electron chi connectivity index (χ1n) is 5.63. The molecule has 3 heteroatoms. The number of carbonyl (C=O) groups is 1. The molecular formula is C12H23NO2. The van der Waals surface area contributed by atoms with Gasteiger partial charge in [0, 0.05) is 12.6 Å². The van der Waals surface area contributed by atoms with E-state index in [0.29, 0.717) is 11.8 Å². The van der Waals surface area contributed by atoms with Gasteiger partial charge in [-0.3, -0.25) is 4.79 Å². The van der Waals surface area contributed by atoms with Crippen LogP contribution in [0.5, 0.6) is 0 Å². The maximum atomic E-state index is 11.6. The van der Waals surface area contributed by atoms with Crippen LogP contribution in [-0.4, -0.2) is 24.2 Å². The van der Waals surface area contributed by atoms with Gasteiger partial charge in [0.15, 0.2) is 0 Å². The third-order valence-corrected chi connectivity index (χ3v) is 2.50. The molecule has 0 aliphatic carbocycles. The Morgan fingerprint density at radius 2 is 2.07 bits per heavy atom. The summed E-state index contributed by atoms with van der Waals surface area (Å²) in [6.45, 7) is 11.1. The predicted octanol–water partition coefficient (Wildman–Crippen LogP) is 2.11. The summed E-state index contributed by atoms with van der Waals surface area (Å²) in [5.41, 5.74) is -0.0577. The van der Waals surface area contributed by atoms with Crippen molar-refractivity contribution in [2.24, 2.45) is 5.41 Å². The Bertz CT molecular complexity index is 240. The van der Waals surface area contributed by atoms with Crippen LogP contribution in [0.15, 0.2) is 0 Å². The van der Waals surface area contributed by atoms with Crippen LogP contribution in [0.4, 0.5) is 0 Å². The van der Waals surface area contributed by atoms with E-state index in [0.717, 1.165) is 13.0 Å². The quantitative estimate of drug-likeness (QED) is 0.714. The van der Waals surface area contributed by atoms with Crippen molar-refractivity contribution < 1.29 is 9.53 Å². The summed E-state index contributed by atoms with van der Waals surface area (Å²) in [5, 5.41) is 3.36. The third kappa shape index (κ3) is 4.65. The first-order chi connectivity index (χ1) is 6.68. The van der Waals surface area contributed by atoms with Gasteiger partial charge < -0.3 is 10.1 Å². The van der Waals surface area contributed by atoms with Crippen molar-refractivity contribution >= 4 is 5.97 Å². The maximum absolute atomic E-state index is 11.6. The van der Waals surface area contributed by atoms with Crippen molar-refractivity contribution in [2.45, 2.75) is 59.1 Å². The molecular weight excluding hydrogens is 190 g/mol. The van der Waals surface area contributed by atoms with Crippen molar-refractivity contribution in [1.29, 1.82) is 0 Å². The molecule has 3 nitrogen and oxygen atoms in total. The van der Waals surface area contributed by atoms with E-state index in [-0.39, 0.29) is 17.6 Å². The molecule has 0 bridgehead atoms. The van der Waals surface area contributed by atoms with E-state index in [1.807, 2.05) is 20.8 Å². The highest BCUT2D eigenvalue weighted by Gasteiger charge is 2.32. The normalized spacial score (nSPS) is 25.3. The molecule has 88 valence electrons. The Morgan fingerprint density at radius 3 is 2.47 bits per heavy atom. The summed E-state index contributed by atoms with van der Waals surface area (Å²) < 4.78 is 5.29. The van der Waals surface area contributed by atoms with E-state index in [9.17, 15) is 4.79 Å². The fourth-order valence-corrected chi connectivity index (χ4v) is 1.96. The molecule has 1 unspecified atom stereocenters. The fraction of sp³-hybridized carbons (Fsp3) is 0.917. The van der Waals surface area contributed by atoms with Crippen molar-refractivity contribution in [3.05, 3.63) is 0 Å². The van der Waals surface area contributed by atoms with Crippen LogP contribution >= 0.6 is 0 Å². The van der Waals surface area contributed by atoms with E-state index in [1.54, 1.807) is 0 Å². The number of ether oxygens (including phenoxy) is 1. The van der Waals surface area contributed by atoms with E-state index in [2.05, 4.69) is 19.2 Å². The third-order valence-electron chi connectivity index (χ3n) is 2.50. The minimum absolute atomic E-state index is 0.0994. The molecule has 1 aliphatic rings.